The first-order chi connectivity index (χ1) is 15.2. The van der Waals surface area contributed by atoms with Gasteiger partial charge in [0.2, 0.25) is 11.9 Å². The summed E-state index contributed by atoms with van der Waals surface area (Å²) >= 11 is 1.47. The standard InChI is InChI=1S/C23H24N4O3S/c28-22(18-6-7-19-20(13-18)30-15-29-19)24-14-17-8-10-27(11-9-17)23-25-21(26-31-23)12-16-4-2-1-3-5-16/h1-7,13,17H,8-12,14-15H2,(H,24,28). The van der Waals surface area contributed by atoms with Crippen molar-refractivity contribution in [2.45, 2.75) is 19.3 Å². The van der Waals surface area contributed by atoms with E-state index in [0.29, 0.717) is 29.5 Å². The van der Waals surface area contributed by atoms with Gasteiger partial charge in [-0.3, -0.25) is 4.79 Å². The van der Waals surface area contributed by atoms with Crippen molar-refractivity contribution in [3.63, 3.8) is 0 Å². The molecule has 0 saturated carbocycles. The lowest BCUT2D eigenvalue weighted by atomic mass is 9.97. The third-order valence-electron chi connectivity index (χ3n) is 5.73. The number of hydrogen-bond donors (Lipinski definition) is 1. The molecular weight excluding hydrogens is 412 g/mol. The molecule has 0 aliphatic carbocycles. The van der Waals surface area contributed by atoms with Crippen LogP contribution in [-0.2, 0) is 6.42 Å². The predicted molar refractivity (Wildman–Crippen MR) is 119 cm³/mol. The second kappa shape index (κ2) is 8.93. The van der Waals surface area contributed by atoms with E-state index in [1.807, 2.05) is 18.2 Å². The second-order valence-corrected chi connectivity index (χ2v) is 8.59. The molecule has 0 atom stereocenters. The van der Waals surface area contributed by atoms with Crippen molar-refractivity contribution in [1.29, 1.82) is 0 Å². The van der Waals surface area contributed by atoms with Gasteiger partial charge in [-0.15, -0.1) is 0 Å². The Bertz CT molecular complexity index is 1050. The molecule has 160 valence electrons. The van der Waals surface area contributed by atoms with E-state index in [4.69, 9.17) is 14.5 Å². The van der Waals surface area contributed by atoms with Crippen LogP contribution in [0.2, 0.25) is 0 Å². The molecule has 2 aliphatic heterocycles. The van der Waals surface area contributed by atoms with Crippen LogP contribution >= 0.6 is 11.5 Å². The summed E-state index contributed by atoms with van der Waals surface area (Å²) in [5.74, 6) is 2.59. The molecular formula is C23H24N4O3S. The maximum atomic E-state index is 12.5. The number of piperidine rings is 1. The predicted octanol–water partition coefficient (Wildman–Crippen LogP) is 3.50. The zero-order chi connectivity index (χ0) is 21.0. The molecule has 1 amide bonds. The van der Waals surface area contributed by atoms with Crippen LogP contribution in [-0.4, -0.2) is 41.7 Å². The summed E-state index contributed by atoms with van der Waals surface area (Å²) in [6.45, 7) is 2.76. The minimum Gasteiger partial charge on any atom is -0.454 e. The number of carbonyl (C=O) groups is 1. The lowest BCUT2D eigenvalue weighted by Crippen LogP contribution is -2.38. The largest absolute Gasteiger partial charge is 0.454 e. The van der Waals surface area contributed by atoms with Crippen LogP contribution in [0, 0.1) is 5.92 Å². The fourth-order valence-electron chi connectivity index (χ4n) is 3.93. The smallest absolute Gasteiger partial charge is 0.251 e. The van der Waals surface area contributed by atoms with E-state index in [2.05, 4.69) is 26.7 Å². The summed E-state index contributed by atoms with van der Waals surface area (Å²) in [6, 6.07) is 15.6. The Morgan fingerprint density at radius 1 is 1.10 bits per heavy atom. The molecule has 2 aromatic carbocycles. The molecule has 3 heterocycles. The third-order valence-corrected chi connectivity index (χ3v) is 6.55. The minimum absolute atomic E-state index is 0.0737. The van der Waals surface area contributed by atoms with Crippen molar-refractivity contribution in [3.05, 3.63) is 65.5 Å². The van der Waals surface area contributed by atoms with Gasteiger partial charge in [0.1, 0.15) is 5.82 Å². The van der Waals surface area contributed by atoms with Gasteiger partial charge in [-0.05, 0) is 42.5 Å². The number of rotatable bonds is 6. The summed E-state index contributed by atoms with van der Waals surface area (Å²) in [5.41, 5.74) is 1.82. The van der Waals surface area contributed by atoms with E-state index in [1.165, 1.54) is 17.1 Å². The molecule has 7 nitrogen and oxygen atoms in total. The number of hydrogen-bond acceptors (Lipinski definition) is 7. The van der Waals surface area contributed by atoms with Gasteiger partial charge in [-0.2, -0.15) is 4.37 Å². The Morgan fingerprint density at radius 3 is 2.74 bits per heavy atom. The highest BCUT2D eigenvalue weighted by atomic mass is 32.1. The number of nitrogens with one attached hydrogen (secondary N) is 1. The van der Waals surface area contributed by atoms with Crippen molar-refractivity contribution in [3.8, 4) is 11.5 Å². The van der Waals surface area contributed by atoms with Crippen LogP contribution in [0.15, 0.2) is 48.5 Å². The zero-order valence-corrected chi connectivity index (χ0v) is 17.9. The van der Waals surface area contributed by atoms with Crippen molar-refractivity contribution in [2.75, 3.05) is 31.3 Å². The van der Waals surface area contributed by atoms with Gasteiger partial charge in [-0.25, -0.2) is 4.98 Å². The monoisotopic (exact) mass is 436 g/mol. The van der Waals surface area contributed by atoms with Crippen LogP contribution in [0.1, 0.15) is 34.6 Å². The molecule has 1 N–H and O–H groups in total. The number of carbonyl (C=O) groups excluding carboxylic acids is 1. The molecule has 5 rings (SSSR count). The maximum absolute atomic E-state index is 12.5. The molecule has 0 bridgehead atoms. The van der Waals surface area contributed by atoms with Crippen molar-refractivity contribution < 1.29 is 14.3 Å². The highest BCUT2D eigenvalue weighted by Gasteiger charge is 2.23. The minimum atomic E-state index is -0.0737. The molecule has 3 aromatic rings. The molecule has 8 heteroatoms. The molecule has 1 aromatic heterocycles. The summed E-state index contributed by atoms with van der Waals surface area (Å²) in [4.78, 5) is 19.5. The summed E-state index contributed by atoms with van der Waals surface area (Å²) in [5, 5.41) is 4.06. The third kappa shape index (κ3) is 4.64. The van der Waals surface area contributed by atoms with Gasteiger partial charge in [0.25, 0.3) is 5.91 Å². The highest BCUT2D eigenvalue weighted by Crippen LogP contribution is 2.32. The Morgan fingerprint density at radius 2 is 1.90 bits per heavy atom. The molecule has 0 unspecified atom stereocenters. The fourth-order valence-corrected chi connectivity index (χ4v) is 4.67. The SMILES string of the molecule is O=C(NCC1CCN(c2nc(Cc3ccccc3)ns2)CC1)c1ccc2c(c1)OCO2. The first-order valence-electron chi connectivity index (χ1n) is 10.5. The first-order valence-corrected chi connectivity index (χ1v) is 11.3. The average Bonchev–Trinajstić information content (AvgIpc) is 3.47. The number of amides is 1. The quantitative estimate of drug-likeness (QED) is 0.637. The zero-order valence-electron chi connectivity index (χ0n) is 17.1. The second-order valence-electron chi connectivity index (χ2n) is 7.86. The molecule has 2 aliphatic rings. The number of nitrogens with zero attached hydrogens (tertiary/aromatic N) is 3. The van der Waals surface area contributed by atoms with Gasteiger partial charge in [0, 0.05) is 43.2 Å². The molecule has 1 fully saturated rings. The lowest BCUT2D eigenvalue weighted by molar-refractivity contribution is 0.0944. The number of aromatic nitrogens is 2. The van der Waals surface area contributed by atoms with Crippen molar-refractivity contribution in [2.24, 2.45) is 5.92 Å². The van der Waals surface area contributed by atoms with Gasteiger partial charge in [-0.1, -0.05) is 30.3 Å². The van der Waals surface area contributed by atoms with E-state index in [0.717, 1.165) is 43.3 Å². The van der Waals surface area contributed by atoms with E-state index in [1.54, 1.807) is 18.2 Å². The van der Waals surface area contributed by atoms with Gasteiger partial charge in [0.15, 0.2) is 11.5 Å². The van der Waals surface area contributed by atoms with E-state index in [9.17, 15) is 4.79 Å². The molecule has 0 radical (unpaired) electrons. The Labute approximate surface area is 185 Å². The number of benzene rings is 2. The van der Waals surface area contributed by atoms with Gasteiger partial charge in [0.05, 0.1) is 0 Å². The van der Waals surface area contributed by atoms with E-state index >= 15 is 0 Å². The fraction of sp³-hybridized carbons (Fsp3) is 0.348. The topological polar surface area (TPSA) is 76.6 Å². The average molecular weight is 437 g/mol. The van der Waals surface area contributed by atoms with Gasteiger partial charge < -0.3 is 19.7 Å². The van der Waals surface area contributed by atoms with Crippen LogP contribution in [0.4, 0.5) is 5.13 Å². The van der Waals surface area contributed by atoms with Crippen molar-refractivity contribution in [1.82, 2.24) is 14.7 Å². The maximum Gasteiger partial charge on any atom is 0.251 e. The molecule has 31 heavy (non-hydrogen) atoms. The molecule has 0 spiro atoms. The number of fused-ring (bicyclic) bond motifs is 1. The summed E-state index contributed by atoms with van der Waals surface area (Å²) in [7, 11) is 0. The van der Waals surface area contributed by atoms with Crippen LogP contribution in [0.5, 0.6) is 11.5 Å². The summed E-state index contributed by atoms with van der Waals surface area (Å²) in [6.07, 6.45) is 2.81. The number of anilines is 1. The van der Waals surface area contributed by atoms with Crippen LogP contribution < -0.4 is 19.7 Å². The Balaban J connectivity index is 1.10. The lowest BCUT2D eigenvalue weighted by Gasteiger charge is -2.31. The van der Waals surface area contributed by atoms with Crippen molar-refractivity contribution >= 4 is 22.6 Å². The highest BCUT2D eigenvalue weighted by molar-refractivity contribution is 7.09. The van der Waals surface area contributed by atoms with Crippen LogP contribution in [0.25, 0.3) is 0 Å². The van der Waals surface area contributed by atoms with E-state index in [-0.39, 0.29) is 12.7 Å². The van der Waals surface area contributed by atoms with E-state index < -0.39 is 0 Å². The van der Waals surface area contributed by atoms with Gasteiger partial charge >= 0.3 is 0 Å². The Hall–Kier alpha value is -3.13. The van der Waals surface area contributed by atoms with Crippen LogP contribution in [0.3, 0.4) is 0 Å². The summed E-state index contributed by atoms with van der Waals surface area (Å²) < 4.78 is 15.2. The normalized spacial score (nSPS) is 15.8. The molecule has 1 saturated heterocycles. The Kier molecular flexibility index (Phi) is 5.71. The first kappa shape index (κ1) is 19.8. The number of ether oxygens (including phenoxy) is 2.